The highest BCUT2D eigenvalue weighted by Gasteiger charge is 2.47. The van der Waals surface area contributed by atoms with E-state index in [9.17, 15) is 63.3 Å². The predicted molar refractivity (Wildman–Crippen MR) is 291 cm³/mol. The van der Waals surface area contributed by atoms with Gasteiger partial charge in [0.25, 0.3) is 0 Å². The number of carbonyl (C=O) groups is 10. The van der Waals surface area contributed by atoms with Gasteiger partial charge in [0.2, 0.25) is 47.3 Å². The van der Waals surface area contributed by atoms with Crippen LogP contribution in [-0.4, -0.2) is 221 Å². The summed E-state index contributed by atoms with van der Waals surface area (Å²) in [6, 6.07) is -6.40. The summed E-state index contributed by atoms with van der Waals surface area (Å²) in [5.74, 6) is -7.69. The molecule has 4 rings (SSSR count). The molecule has 80 heavy (non-hydrogen) atoms. The number of rotatable bonds is 32. The molecule has 3 aliphatic rings. The van der Waals surface area contributed by atoms with Crippen molar-refractivity contribution in [3.63, 3.8) is 0 Å². The molecule has 4 heterocycles. The lowest BCUT2D eigenvalue weighted by Crippen LogP contribution is -2.59. The summed E-state index contributed by atoms with van der Waals surface area (Å²) in [7, 11) is 0. The minimum absolute atomic E-state index is 0.00983. The minimum atomic E-state index is -1.46. The first-order chi connectivity index (χ1) is 38.1. The van der Waals surface area contributed by atoms with E-state index in [2.05, 4.69) is 46.9 Å². The van der Waals surface area contributed by atoms with Crippen LogP contribution in [0.2, 0.25) is 0 Å². The van der Waals surface area contributed by atoms with Crippen molar-refractivity contribution in [3.05, 3.63) is 22.4 Å². The van der Waals surface area contributed by atoms with Gasteiger partial charge in [0.15, 0.2) is 17.9 Å². The Bertz CT molecular complexity index is 2380. The van der Waals surface area contributed by atoms with Crippen molar-refractivity contribution in [2.45, 2.75) is 138 Å². The van der Waals surface area contributed by atoms with Crippen LogP contribution in [0.4, 0.5) is 0 Å². The van der Waals surface area contributed by atoms with E-state index in [1.54, 1.807) is 17.5 Å². The first-order valence-corrected chi connectivity index (χ1v) is 27.3. The second-order valence-electron chi connectivity index (χ2n) is 19.5. The van der Waals surface area contributed by atoms with Crippen LogP contribution in [0, 0.1) is 0 Å². The number of aliphatic hydroxyl groups is 2. The predicted octanol–water partition coefficient (Wildman–Crippen LogP) is -6.93. The van der Waals surface area contributed by atoms with E-state index in [-0.39, 0.29) is 115 Å². The van der Waals surface area contributed by atoms with Crippen molar-refractivity contribution in [1.29, 1.82) is 0 Å². The van der Waals surface area contributed by atoms with E-state index < -0.39 is 127 Å². The summed E-state index contributed by atoms with van der Waals surface area (Å²) in [6.45, 7) is -1.41. The van der Waals surface area contributed by atoms with E-state index in [1.807, 2.05) is 0 Å². The molecular weight excluding hydrogens is 1070 g/mol. The molecule has 32 heteroatoms. The standard InChI is InChI=1S/C48H78N18O13S/c49-46(50)55-15-3-8-27(25-67)59-40(73)29(11-4-16-56-47(51)52)62-42(75)34-13-6-19-65(34)44(77)38-35(69)14-20-66(38)37(71)23-58-39(72)32(22-28-9-7-21-80-28)63-41(74)33(26-68)60-30-10-1-2-18-64(43(30)76)24-36(70)61-31(45(78)79)12-5-17-57-48(53)54/h7,9,21,25,27,29-35,38,60,68-69H,1-6,8,10-20,22-24,26H2,(H,58,72)(H,59,73)(H,61,70)(H,62,75)(H,63,74)(H,78,79)(H4,49,50,55)(H4,51,52,56)(H4,53,54,57)/t27-,29+,30-,31+,32+,33+,34+,35?,38+/m1/s1. The fourth-order valence-electron chi connectivity index (χ4n) is 9.39. The zero-order valence-corrected chi connectivity index (χ0v) is 45.4. The number of hydrogen-bond donors (Lipinski definition) is 15. The van der Waals surface area contributed by atoms with Gasteiger partial charge in [-0.05, 0) is 88.5 Å². The number of amides is 8. The van der Waals surface area contributed by atoms with E-state index >= 15 is 0 Å². The number of nitrogens with two attached hydrogens (primary N) is 6. The number of aliphatic carboxylic acids is 1. The number of aliphatic hydroxyl groups excluding tert-OH is 2. The van der Waals surface area contributed by atoms with Crippen molar-refractivity contribution < 1.29 is 63.3 Å². The molecule has 0 radical (unpaired) electrons. The van der Waals surface area contributed by atoms with E-state index in [0.717, 1.165) is 4.90 Å². The van der Waals surface area contributed by atoms with Gasteiger partial charge in [-0.15, -0.1) is 11.3 Å². The Balaban J connectivity index is 1.40. The fourth-order valence-corrected chi connectivity index (χ4v) is 10.1. The molecule has 3 fully saturated rings. The summed E-state index contributed by atoms with van der Waals surface area (Å²) in [5, 5.41) is 48.7. The monoisotopic (exact) mass is 1150 g/mol. The van der Waals surface area contributed by atoms with Gasteiger partial charge in [-0.25, -0.2) is 4.79 Å². The van der Waals surface area contributed by atoms with Crippen molar-refractivity contribution in [1.82, 2.24) is 46.6 Å². The van der Waals surface area contributed by atoms with Crippen molar-refractivity contribution in [2.24, 2.45) is 49.4 Å². The van der Waals surface area contributed by atoms with Gasteiger partial charge in [-0.3, -0.25) is 58.7 Å². The largest absolute Gasteiger partial charge is 0.480 e. The zero-order chi connectivity index (χ0) is 58.9. The van der Waals surface area contributed by atoms with Crippen LogP contribution >= 0.6 is 11.3 Å². The average Bonchev–Trinajstić information content (AvgIpc) is 4.20. The Morgan fingerprint density at radius 3 is 1.96 bits per heavy atom. The molecule has 3 saturated heterocycles. The molecule has 1 aromatic rings. The Hall–Kier alpha value is -7.71. The van der Waals surface area contributed by atoms with Crippen LogP contribution in [-0.2, 0) is 54.4 Å². The number of guanidine groups is 3. The molecule has 21 N–H and O–H groups in total. The van der Waals surface area contributed by atoms with Crippen LogP contribution in [0.25, 0.3) is 0 Å². The number of carboxylic acids is 1. The number of hydrogen-bond acceptors (Lipinski definition) is 17. The topological polar surface area (TPSA) is 506 Å². The first-order valence-electron chi connectivity index (χ1n) is 26.4. The molecule has 1 aromatic heterocycles. The summed E-state index contributed by atoms with van der Waals surface area (Å²) in [5.41, 5.74) is 32.3. The number of aldehydes is 1. The van der Waals surface area contributed by atoms with E-state index in [0.29, 0.717) is 36.8 Å². The third-order valence-electron chi connectivity index (χ3n) is 13.4. The molecule has 1 unspecified atom stereocenters. The number of thiophene rings is 1. The molecule has 8 amide bonds. The third kappa shape index (κ3) is 20.8. The van der Waals surface area contributed by atoms with Crippen LogP contribution in [0.15, 0.2) is 32.5 Å². The van der Waals surface area contributed by atoms with E-state index in [4.69, 9.17) is 34.4 Å². The first kappa shape index (κ1) is 64.8. The molecule has 0 bridgehead atoms. The van der Waals surface area contributed by atoms with Gasteiger partial charge >= 0.3 is 5.97 Å². The second kappa shape index (κ2) is 33.0. The zero-order valence-electron chi connectivity index (χ0n) is 44.5. The number of aliphatic imine (C=N–C) groups is 3. The van der Waals surface area contributed by atoms with Crippen molar-refractivity contribution >= 4 is 88.7 Å². The Morgan fingerprint density at radius 2 is 1.36 bits per heavy atom. The molecule has 3 aliphatic heterocycles. The Morgan fingerprint density at radius 1 is 0.725 bits per heavy atom. The van der Waals surface area contributed by atoms with Crippen LogP contribution in [0.3, 0.4) is 0 Å². The molecule has 444 valence electrons. The lowest BCUT2D eigenvalue weighted by atomic mass is 10.1. The van der Waals surface area contributed by atoms with Gasteiger partial charge in [0, 0.05) is 50.6 Å². The van der Waals surface area contributed by atoms with E-state index in [1.165, 1.54) is 21.1 Å². The van der Waals surface area contributed by atoms with Crippen LogP contribution < -0.4 is 66.3 Å². The van der Waals surface area contributed by atoms with Crippen molar-refractivity contribution in [3.8, 4) is 0 Å². The summed E-state index contributed by atoms with van der Waals surface area (Å²) in [4.78, 5) is 150. The molecule has 31 nitrogen and oxygen atoms in total. The van der Waals surface area contributed by atoms with Gasteiger partial charge < -0.3 is 95.8 Å². The maximum Gasteiger partial charge on any atom is 0.326 e. The maximum atomic E-state index is 14.3. The summed E-state index contributed by atoms with van der Waals surface area (Å²) < 4.78 is 0. The van der Waals surface area contributed by atoms with Gasteiger partial charge in [-0.2, -0.15) is 0 Å². The number of carbonyl (C=O) groups excluding carboxylic acids is 9. The number of nitrogens with zero attached hydrogens (tertiary/aromatic N) is 6. The molecule has 9 atom stereocenters. The number of likely N-dealkylation sites (tertiary alicyclic amines) is 3. The Kier molecular flexibility index (Phi) is 26.7. The smallest absolute Gasteiger partial charge is 0.326 e. The lowest BCUT2D eigenvalue weighted by molar-refractivity contribution is -0.149. The lowest BCUT2D eigenvalue weighted by Gasteiger charge is -2.33. The summed E-state index contributed by atoms with van der Waals surface area (Å²) >= 11 is 1.28. The molecular formula is C48H78N18O13S. The fraction of sp³-hybridized carbons (Fsp3) is 0.646. The second-order valence-corrected chi connectivity index (χ2v) is 20.5. The molecule has 0 aromatic carbocycles. The summed E-state index contributed by atoms with van der Waals surface area (Å²) in [6.07, 6.45) is 1.90. The van der Waals surface area contributed by atoms with Gasteiger partial charge in [0.1, 0.15) is 42.5 Å². The van der Waals surface area contributed by atoms with Gasteiger partial charge in [0.05, 0.1) is 37.9 Å². The highest BCUT2D eigenvalue weighted by Crippen LogP contribution is 2.26. The van der Waals surface area contributed by atoms with Crippen LogP contribution in [0.1, 0.15) is 81.9 Å². The highest BCUT2D eigenvalue weighted by atomic mass is 32.1. The minimum Gasteiger partial charge on any atom is -0.480 e. The maximum absolute atomic E-state index is 14.3. The van der Waals surface area contributed by atoms with Gasteiger partial charge in [-0.1, -0.05) is 6.07 Å². The number of nitrogens with one attached hydrogen (secondary N) is 6. The highest BCUT2D eigenvalue weighted by molar-refractivity contribution is 7.09. The molecule has 0 aliphatic carbocycles. The SMILES string of the molecule is NC(N)=NCCC[C@H](NC(=O)CN1CCCC[C@@H](N[C@@H](CO)C(=O)N[C@@H](Cc2cccs2)C(=O)NCC(=O)N2CCC(O)[C@H]2C(=O)N2CCC[C@H]2C(=O)N[C@@H](CCCN=C(N)N)C(=O)N[C@@H](C=O)CCCN=C(N)N)C1=O)C(=O)O. The van der Waals surface area contributed by atoms with Crippen molar-refractivity contribution in [2.75, 3.05) is 59.0 Å². The average molecular weight is 1150 g/mol. The molecule has 0 saturated carbocycles. The normalized spacial score (nSPS) is 19.9. The van der Waals surface area contributed by atoms with Crippen LogP contribution in [0.5, 0.6) is 0 Å². The molecule has 0 spiro atoms. The number of carboxylic acid groups (broad SMARTS) is 1. The quantitative estimate of drug-likeness (QED) is 0.0138. The third-order valence-corrected chi connectivity index (χ3v) is 14.3. The Labute approximate surface area is 465 Å².